The molecule has 2 aliphatic heterocycles. The van der Waals surface area contributed by atoms with Crippen molar-refractivity contribution in [2.45, 2.75) is 13.2 Å². The molecule has 0 N–H and O–H groups in total. The molecule has 8 heteroatoms. The molecule has 0 amide bonds. The molecule has 25 heavy (non-hydrogen) atoms. The molecule has 7 nitrogen and oxygen atoms in total. The largest absolute Gasteiger partial charge is 0.486 e. The number of fused-ring (bicyclic) bond motifs is 1. The van der Waals surface area contributed by atoms with Crippen molar-refractivity contribution in [1.29, 1.82) is 0 Å². The highest BCUT2D eigenvalue weighted by Gasteiger charge is 2.19. The number of ether oxygens (including phenoxy) is 2. The van der Waals surface area contributed by atoms with Crippen molar-refractivity contribution < 1.29 is 9.47 Å². The fraction of sp³-hybridized carbons (Fsp3) is 0.529. The van der Waals surface area contributed by atoms with Crippen LogP contribution < -0.4 is 9.47 Å². The number of hydrogen-bond donors (Lipinski definition) is 0. The summed E-state index contributed by atoms with van der Waals surface area (Å²) in [7, 11) is 1.93. The zero-order valence-corrected chi connectivity index (χ0v) is 15.2. The molecule has 1 saturated heterocycles. The standard InChI is InChI=1S/C17H23N5O2S/c1-19-12-18-22(17(19)25)13-21-6-4-20(5-7-21)11-14-2-3-15-16(10-14)24-9-8-23-15/h2-3,10,12H,4-9,11,13H2,1H3. The molecule has 0 atom stereocenters. The maximum atomic E-state index is 5.68. The Morgan fingerprint density at radius 2 is 1.76 bits per heavy atom. The van der Waals surface area contributed by atoms with Gasteiger partial charge in [0.25, 0.3) is 0 Å². The molecule has 1 fully saturated rings. The third-order valence-corrected chi connectivity index (χ3v) is 5.20. The fourth-order valence-electron chi connectivity index (χ4n) is 3.24. The summed E-state index contributed by atoms with van der Waals surface area (Å²) < 4.78 is 15.8. The summed E-state index contributed by atoms with van der Waals surface area (Å²) in [5.74, 6) is 1.72. The second-order valence-corrected chi connectivity index (χ2v) is 6.90. The summed E-state index contributed by atoms with van der Waals surface area (Å²) in [5.41, 5.74) is 1.27. The van der Waals surface area contributed by atoms with Crippen LogP contribution in [0.2, 0.25) is 0 Å². The molecule has 1 aromatic carbocycles. The lowest BCUT2D eigenvalue weighted by Crippen LogP contribution is -2.46. The molecule has 0 radical (unpaired) electrons. The van der Waals surface area contributed by atoms with Gasteiger partial charge in [-0.2, -0.15) is 5.10 Å². The van der Waals surface area contributed by atoms with E-state index in [4.69, 9.17) is 21.7 Å². The summed E-state index contributed by atoms with van der Waals surface area (Å²) >= 11 is 5.36. The van der Waals surface area contributed by atoms with Gasteiger partial charge in [-0.1, -0.05) is 6.07 Å². The van der Waals surface area contributed by atoms with Crippen LogP contribution in [0.15, 0.2) is 24.5 Å². The lowest BCUT2D eigenvalue weighted by atomic mass is 10.1. The Bertz CT molecular complexity index is 795. The van der Waals surface area contributed by atoms with Crippen LogP contribution in [-0.4, -0.2) is 63.5 Å². The highest BCUT2D eigenvalue weighted by Crippen LogP contribution is 2.31. The van der Waals surface area contributed by atoms with E-state index in [1.54, 1.807) is 6.33 Å². The highest BCUT2D eigenvalue weighted by atomic mass is 32.1. The van der Waals surface area contributed by atoms with Crippen LogP contribution in [0, 0.1) is 4.77 Å². The molecule has 2 aliphatic rings. The first-order valence-corrected chi connectivity index (χ1v) is 9.01. The monoisotopic (exact) mass is 361 g/mol. The van der Waals surface area contributed by atoms with Gasteiger partial charge in [0, 0.05) is 39.8 Å². The molecule has 0 aliphatic carbocycles. The average molecular weight is 361 g/mol. The van der Waals surface area contributed by atoms with E-state index >= 15 is 0 Å². The van der Waals surface area contributed by atoms with Crippen LogP contribution in [0.4, 0.5) is 0 Å². The zero-order chi connectivity index (χ0) is 17.2. The van der Waals surface area contributed by atoms with Crippen LogP contribution in [0.5, 0.6) is 11.5 Å². The Morgan fingerprint density at radius 3 is 2.48 bits per heavy atom. The minimum Gasteiger partial charge on any atom is -0.486 e. The predicted octanol–water partition coefficient (Wildman–Crippen LogP) is 1.50. The zero-order valence-electron chi connectivity index (χ0n) is 14.4. The fourth-order valence-corrected chi connectivity index (χ4v) is 3.39. The van der Waals surface area contributed by atoms with Crippen molar-refractivity contribution in [3.05, 3.63) is 34.9 Å². The first kappa shape index (κ1) is 16.6. The smallest absolute Gasteiger partial charge is 0.198 e. The van der Waals surface area contributed by atoms with E-state index in [9.17, 15) is 0 Å². The molecule has 3 heterocycles. The normalized spacial score (nSPS) is 18.4. The molecule has 0 bridgehead atoms. The van der Waals surface area contributed by atoms with Gasteiger partial charge >= 0.3 is 0 Å². The second kappa shape index (κ2) is 7.15. The lowest BCUT2D eigenvalue weighted by Gasteiger charge is -2.34. The first-order chi connectivity index (χ1) is 12.2. The second-order valence-electron chi connectivity index (χ2n) is 6.54. The van der Waals surface area contributed by atoms with Gasteiger partial charge in [-0.25, -0.2) is 4.68 Å². The van der Waals surface area contributed by atoms with Crippen LogP contribution >= 0.6 is 12.2 Å². The Kier molecular flexibility index (Phi) is 4.74. The van der Waals surface area contributed by atoms with Gasteiger partial charge in [-0.15, -0.1) is 0 Å². The topological polar surface area (TPSA) is 47.7 Å². The van der Waals surface area contributed by atoms with Gasteiger partial charge in [0.15, 0.2) is 16.3 Å². The number of piperazine rings is 1. The maximum Gasteiger partial charge on any atom is 0.198 e. The maximum absolute atomic E-state index is 5.68. The Balaban J connectivity index is 1.31. The van der Waals surface area contributed by atoms with E-state index < -0.39 is 0 Å². The van der Waals surface area contributed by atoms with E-state index in [-0.39, 0.29) is 0 Å². The lowest BCUT2D eigenvalue weighted by molar-refractivity contribution is 0.0978. The molecule has 2 aromatic rings. The van der Waals surface area contributed by atoms with E-state index in [2.05, 4.69) is 27.0 Å². The summed E-state index contributed by atoms with van der Waals surface area (Å²) in [6, 6.07) is 6.25. The van der Waals surface area contributed by atoms with E-state index in [1.807, 2.05) is 22.4 Å². The summed E-state index contributed by atoms with van der Waals surface area (Å²) in [5, 5.41) is 4.33. The van der Waals surface area contributed by atoms with Crippen molar-refractivity contribution in [2.24, 2.45) is 7.05 Å². The number of aromatic nitrogens is 3. The molecule has 0 saturated carbocycles. The summed E-state index contributed by atoms with van der Waals surface area (Å²) in [4.78, 5) is 4.86. The molecule has 4 rings (SSSR count). The average Bonchev–Trinajstić information content (AvgIpc) is 2.95. The van der Waals surface area contributed by atoms with Crippen molar-refractivity contribution in [3.63, 3.8) is 0 Å². The summed E-state index contributed by atoms with van der Waals surface area (Å²) in [6.07, 6.45) is 1.76. The molecule has 0 unspecified atom stereocenters. The van der Waals surface area contributed by atoms with Gasteiger partial charge in [-0.3, -0.25) is 9.80 Å². The van der Waals surface area contributed by atoms with Crippen LogP contribution in [-0.2, 0) is 20.3 Å². The Hall–Kier alpha value is -1.90. The Labute approximate surface area is 152 Å². The number of rotatable bonds is 4. The summed E-state index contributed by atoms with van der Waals surface area (Å²) in [6.45, 7) is 7.07. The van der Waals surface area contributed by atoms with Crippen LogP contribution in [0.25, 0.3) is 0 Å². The molecular formula is C17H23N5O2S. The van der Waals surface area contributed by atoms with Crippen molar-refractivity contribution in [3.8, 4) is 11.5 Å². The molecule has 0 spiro atoms. The molecule has 134 valence electrons. The SMILES string of the molecule is Cn1cnn(CN2CCN(Cc3ccc4c(c3)OCCO4)CC2)c1=S. The number of aryl methyl sites for hydroxylation is 1. The molecular weight excluding hydrogens is 338 g/mol. The van der Waals surface area contributed by atoms with Gasteiger partial charge in [0.05, 0.1) is 6.67 Å². The number of nitrogens with zero attached hydrogens (tertiary/aromatic N) is 5. The van der Waals surface area contributed by atoms with Crippen molar-refractivity contribution >= 4 is 12.2 Å². The van der Waals surface area contributed by atoms with Gasteiger partial charge < -0.3 is 14.0 Å². The first-order valence-electron chi connectivity index (χ1n) is 8.61. The minimum atomic E-state index is 0.630. The predicted molar refractivity (Wildman–Crippen MR) is 96.3 cm³/mol. The number of benzene rings is 1. The van der Waals surface area contributed by atoms with Crippen LogP contribution in [0.3, 0.4) is 0 Å². The van der Waals surface area contributed by atoms with Crippen molar-refractivity contribution in [2.75, 3.05) is 39.4 Å². The van der Waals surface area contributed by atoms with E-state index in [0.29, 0.717) is 13.2 Å². The van der Waals surface area contributed by atoms with Crippen molar-refractivity contribution in [1.82, 2.24) is 24.1 Å². The van der Waals surface area contributed by atoms with Gasteiger partial charge in [0.1, 0.15) is 19.5 Å². The van der Waals surface area contributed by atoms with Crippen LogP contribution in [0.1, 0.15) is 5.56 Å². The van der Waals surface area contributed by atoms with E-state index in [0.717, 1.165) is 55.7 Å². The number of hydrogen-bond acceptors (Lipinski definition) is 6. The minimum absolute atomic E-state index is 0.630. The third-order valence-electron chi connectivity index (χ3n) is 4.70. The Morgan fingerprint density at radius 1 is 1.04 bits per heavy atom. The molecule has 1 aromatic heterocycles. The van der Waals surface area contributed by atoms with Gasteiger partial charge in [0.2, 0.25) is 0 Å². The van der Waals surface area contributed by atoms with Gasteiger partial charge in [-0.05, 0) is 29.9 Å². The third kappa shape index (κ3) is 3.70. The van der Waals surface area contributed by atoms with E-state index in [1.165, 1.54) is 5.56 Å². The highest BCUT2D eigenvalue weighted by molar-refractivity contribution is 7.71. The quantitative estimate of drug-likeness (QED) is 0.769.